The quantitative estimate of drug-likeness (QED) is 0.634. The van der Waals surface area contributed by atoms with Crippen molar-refractivity contribution in [2.75, 3.05) is 10.6 Å². The van der Waals surface area contributed by atoms with Crippen molar-refractivity contribution in [3.63, 3.8) is 0 Å². The Kier molecular flexibility index (Phi) is 5.19. The summed E-state index contributed by atoms with van der Waals surface area (Å²) in [6.07, 6.45) is 3.34. The standard InChI is InChI=1S/C19H17N5O2/c20-17(25)12-14-4-1-2-5-16(14)24-18(26)13-6-8-15(9-7-13)23-19-21-10-3-11-22-19/h1-11H,12H2,(H2,20,25)(H,24,26)(H,21,22,23). The molecular formula is C19H17N5O2. The predicted octanol–water partition coefficient (Wildman–Crippen LogP) is 2.50. The van der Waals surface area contributed by atoms with E-state index in [2.05, 4.69) is 20.6 Å². The van der Waals surface area contributed by atoms with E-state index < -0.39 is 5.91 Å². The van der Waals surface area contributed by atoms with Crippen LogP contribution in [0.1, 0.15) is 15.9 Å². The van der Waals surface area contributed by atoms with Crippen molar-refractivity contribution in [1.29, 1.82) is 0 Å². The summed E-state index contributed by atoms with van der Waals surface area (Å²) in [6, 6.07) is 15.7. The van der Waals surface area contributed by atoms with E-state index in [4.69, 9.17) is 5.73 Å². The molecule has 0 aliphatic carbocycles. The maximum absolute atomic E-state index is 12.4. The van der Waals surface area contributed by atoms with Crippen molar-refractivity contribution in [2.24, 2.45) is 5.73 Å². The monoisotopic (exact) mass is 347 g/mol. The molecule has 0 aliphatic heterocycles. The maximum atomic E-state index is 12.4. The number of benzene rings is 2. The first-order valence-electron chi connectivity index (χ1n) is 7.93. The zero-order valence-corrected chi connectivity index (χ0v) is 13.8. The van der Waals surface area contributed by atoms with Crippen LogP contribution in [0.4, 0.5) is 17.3 Å². The molecule has 0 bridgehead atoms. The molecule has 0 unspecified atom stereocenters. The van der Waals surface area contributed by atoms with Crippen LogP contribution in [-0.2, 0) is 11.2 Å². The largest absolute Gasteiger partial charge is 0.369 e. The van der Waals surface area contributed by atoms with E-state index >= 15 is 0 Å². The van der Waals surface area contributed by atoms with Crippen LogP contribution in [0.15, 0.2) is 67.0 Å². The fraction of sp³-hybridized carbons (Fsp3) is 0.0526. The second-order valence-corrected chi connectivity index (χ2v) is 5.53. The lowest BCUT2D eigenvalue weighted by atomic mass is 10.1. The van der Waals surface area contributed by atoms with Gasteiger partial charge in [-0.2, -0.15) is 0 Å². The molecule has 0 radical (unpaired) electrons. The van der Waals surface area contributed by atoms with E-state index in [1.54, 1.807) is 67.0 Å². The van der Waals surface area contributed by atoms with Crippen LogP contribution in [0.2, 0.25) is 0 Å². The normalized spacial score (nSPS) is 10.2. The third-order valence-corrected chi connectivity index (χ3v) is 3.60. The van der Waals surface area contributed by atoms with E-state index in [1.807, 2.05) is 0 Å². The number of nitrogens with one attached hydrogen (secondary N) is 2. The van der Waals surface area contributed by atoms with Gasteiger partial charge in [-0.05, 0) is 42.0 Å². The summed E-state index contributed by atoms with van der Waals surface area (Å²) in [5, 5.41) is 5.85. The van der Waals surface area contributed by atoms with Crippen LogP contribution in [0.3, 0.4) is 0 Å². The van der Waals surface area contributed by atoms with E-state index in [0.717, 1.165) is 5.69 Å². The fourth-order valence-electron chi connectivity index (χ4n) is 2.38. The first-order valence-corrected chi connectivity index (χ1v) is 7.93. The molecule has 1 aromatic heterocycles. The van der Waals surface area contributed by atoms with Gasteiger partial charge < -0.3 is 16.4 Å². The van der Waals surface area contributed by atoms with E-state index in [-0.39, 0.29) is 12.3 Å². The second kappa shape index (κ2) is 7.89. The fourth-order valence-corrected chi connectivity index (χ4v) is 2.38. The van der Waals surface area contributed by atoms with Gasteiger partial charge in [0.2, 0.25) is 11.9 Å². The zero-order chi connectivity index (χ0) is 18.4. The van der Waals surface area contributed by atoms with E-state index in [0.29, 0.717) is 22.8 Å². The summed E-state index contributed by atoms with van der Waals surface area (Å²) in [4.78, 5) is 31.8. The Morgan fingerprint density at radius 2 is 1.62 bits per heavy atom. The van der Waals surface area contributed by atoms with Crippen molar-refractivity contribution >= 4 is 29.1 Å². The molecule has 0 saturated carbocycles. The number of nitrogens with two attached hydrogens (primary N) is 1. The molecule has 7 nitrogen and oxygen atoms in total. The van der Waals surface area contributed by atoms with Gasteiger partial charge in [0.25, 0.3) is 5.91 Å². The van der Waals surface area contributed by atoms with Gasteiger partial charge in [0.1, 0.15) is 0 Å². The smallest absolute Gasteiger partial charge is 0.255 e. The first kappa shape index (κ1) is 17.1. The highest BCUT2D eigenvalue weighted by atomic mass is 16.2. The Balaban J connectivity index is 1.70. The van der Waals surface area contributed by atoms with Gasteiger partial charge in [0, 0.05) is 29.3 Å². The zero-order valence-electron chi connectivity index (χ0n) is 13.8. The van der Waals surface area contributed by atoms with Crippen LogP contribution < -0.4 is 16.4 Å². The van der Waals surface area contributed by atoms with Gasteiger partial charge in [-0.25, -0.2) is 9.97 Å². The number of carbonyl (C=O) groups is 2. The van der Waals surface area contributed by atoms with Crippen molar-refractivity contribution in [3.05, 3.63) is 78.1 Å². The number of nitrogens with zero attached hydrogens (tertiary/aromatic N) is 2. The minimum Gasteiger partial charge on any atom is -0.369 e. The molecule has 3 rings (SSSR count). The average molecular weight is 347 g/mol. The van der Waals surface area contributed by atoms with Crippen molar-refractivity contribution in [3.8, 4) is 0 Å². The second-order valence-electron chi connectivity index (χ2n) is 5.53. The molecule has 0 aliphatic rings. The minimum atomic E-state index is -0.453. The molecule has 2 aromatic carbocycles. The summed E-state index contributed by atoms with van der Waals surface area (Å²) in [5.74, 6) is -0.250. The minimum absolute atomic E-state index is 0.0659. The predicted molar refractivity (Wildman–Crippen MR) is 99.1 cm³/mol. The first-order chi connectivity index (χ1) is 12.6. The molecule has 7 heteroatoms. The molecule has 130 valence electrons. The van der Waals surface area contributed by atoms with Crippen molar-refractivity contribution in [2.45, 2.75) is 6.42 Å². The van der Waals surface area contributed by atoms with Crippen LogP contribution in [0.5, 0.6) is 0 Å². The van der Waals surface area contributed by atoms with Gasteiger partial charge in [-0.15, -0.1) is 0 Å². The summed E-state index contributed by atoms with van der Waals surface area (Å²) < 4.78 is 0. The number of rotatable bonds is 6. The molecule has 0 fully saturated rings. The number of primary amides is 1. The molecule has 4 N–H and O–H groups in total. The number of anilines is 3. The third-order valence-electron chi connectivity index (χ3n) is 3.60. The van der Waals surface area contributed by atoms with Gasteiger partial charge in [0.15, 0.2) is 0 Å². The highest BCUT2D eigenvalue weighted by molar-refractivity contribution is 6.05. The van der Waals surface area contributed by atoms with Gasteiger partial charge in [-0.3, -0.25) is 9.59 Å². The van der Waals surface area contributed by atoms with E-state index in [9.17, 15) is 9.59 Å². The summed E-state index contributed by atoms with van der Waals surface area (Å²) in [6.45, 7) is 0. The number of amides is 2. The number of para-hydroxylation sites is 1. The highest BCUT2D eigenvalue weighted by Gasteiger charge is 2.10. The summed E-state index contributed by atoms with van der Waals surface area (Å²) >= 11 is 0. The number of carbonyl (C=O) groups excluding carboxylic acids is 2. The lowest BCUT2D eigenvalue weighted by molar-refractivity contribution is -0.117. The summed E-state index contributed by atoms with van der Waals surface area (Å²) in [7, 11) is 0. The van der Waals surface area contributed by atoms with Crippen LogP contribution in [0.25, 0.3) is 0 Å². The molecule has 26 heavy (non-hydrogen) atoms. The van der Waals surface area contributed by atoms with E-state index in [1.165, 1.54) is 0 Å². The Labute approximate surface area is 150 Å². The highest BCUT2D eigenvalue weighted by Crippen LogP contribution is 2.18. The number of hydrogen-bond acceptors (Lipinski definition) is 5. The van der Waals surface area contributed by atoms with Crippen molar-refractivity contribution < 1.29 is 9.59 Å². The summed E-state index contributed by atoms with van der Waals surface area (Å²) in [5.41, 5.74) is 7.74. The molecule has 0 atom stereocenters. The Morgan fingerprint density at radius 3 is 2.31 bits per heavy atom. The molecular weight excluding hydrogens is 330 g/mol. The van der Waals surface area contributed by atoms with Crippen molar-refractivity contribution in [1.82, 2.24) is 9.97 Å². The molecule has 0 spiro atoms. The lowest BCUT2D eigenvalue weighted by Crippen LogP contribution is -2.17. The van der Waals surface area contributed by atoms with Crippen LogP contribution in [0, 0.1) is 0 Å². The number of aromatic nitrogens is 2. The average Bonchev–Trinajstić information content (AvgIpc) is 2.64. The topological polar surface area (TPSA) is 110 Å². The van der Waals surface area contributed by atoms with Crippen LogP contribution >= 0.6 is 0 Å². The Hall–Kier alpha value is -3.74. The lowest BCUT2D eigenvalue weighted by Gasteiger charge is -2.10. The van der Waals surface area contributed by atoms with Gasteiger partial charge in [-0.1, -0.05) is 18.2 Å². The molecule has 0 saturated heterocycles. The molecule has 3 aromatic rings. The van der Waals surface area contributed by atoms with Gasteiger partial charge in [0.05, 0.1) is 6.42 Å². The number of hydrogen-bond donors (Lipinski definition) is 3. The molecule has 2 amide bonds. The van der Waals surface area contributed by atoms with Gasteiger partial charge >= 0.3 is 0 Å². The Morgan fingerprint density at radius 1 is 0.923 bits per heavy atom. The SMILES string of the molecule is NC(=O)Cc1ccccc1NC(=O)c1ccc(Nc2ncccn2)cc1. The maximum Gasteiger partial charge on any atom is 0.255 e. The Bertz CT molecular complexity index is 911. The third kappa shape index (κ3) is 4.41. The molecule has 1 heterocycles. The van der Waals surface area contributed by atoms with Crippen LogP contribution in [-0.4, -0.2) is 21.8 Å².